The number of aromatic nitrogens is 3. The summed E-state index contributed by atoms with van der Waals surface area (Å²) in [6.45, 7) is 7.46. The third-order valence-electron chi connectivity index (χ3n) is 5.10. The number of carbonyl (C=O) groups is 1. The van der Waals surface area contributed by atoms with E-state index in [1.54, 1.807) is 6.07 Å². The van der Waals surface area contributed by atoms with Crippen molar-refractivity contribution in [3.05, 3.63) is 22.0 Å². The predicted molar refractivity (Wildman–Crippen MR) is 104 cm³/mol. The van der Waals surface area contributed by atoms with E-state index in [-0.39, 0.29) is 17.0 Å². The van der Waals surface area contributed by atoms with E-state index in [2.05, 4.69) is 10.4 Å². The Hall–Kier alpha value is -2.55. The highest BCUT2D eigenvalue weighted by Crippen LogP contribution is 2.27. The fourth-order valence-corrected chi connectivity index (χ4v) is 3.56. The van der Waals surface area contributed by atoms with Crippen LogP contribution in [-0.4, -0.2) is 55.5 Å². The number of nitrogens with one attached hydrogen (secondary N) is 1. The molecule has 0 aromatic carbocycles. The Morgan fingerprint density at radius 2 is 2.04 bits per heavy atom. The predicted octanol–water partition coefficient (Wildman–Crippen LogP) is 0.711. The molecule has 0 radical (unpaired) electrons. The maximum Gasteiger partial charge on any atom is 0.270 e. The number of nitrogens with zero attached hydrogens (tertiary/aromatic N) is 4. The van der Waals surface area contributed by atoms with Gasteiger partial charge in [0.15, 0.2) is 11.4 Å². The van der Waals surface area contributed by atoms with Crippen LogP contribution in [0.3, 0.4) is 0 Å². The average molecular weight is 389 g/mol. The van der Waals surface area contributed by atoms with E-state index in [0.29, 0.717) is 37.5 Å². The first-order valence-electron chi connectivity index (χ1n) is 9.73. The normalized spacial score (nSPS) is 20.1. The van der Waals surface area contributed by atoms with Crippen molar-refractivity contribution >= 4 is 17.4 Å². The summed E-state index contributed by atoms with van der Waals surface area (Å²) in [6.07, 6.45) is 1.99. The second-order valence-electron chi connectivity index (χ2n) is 9.06. The lowest BCUT2D eigenvalue weighted by Crippen LogP contribution is -2.37. The minimum Gasteiger partial charge on any atom is -0.492 e. The number of hydrogen-bond donors (Lipinski definition) is 3. The fourth-order valence-electron chi connectivity index (χ4n) is 3.56. The lowest BCUT2D eigenvalue weighted by Gasteiger charge is -2.21. The van der Waals surface area contributed by atoms with Gasteiger partial charge in [-0.25, -0.2) is 0 Å². The number of aromatic hydroxyl groups is 1. The molecule has 3 heterocycles. The summed E-state index contributed by atoms with van der Waals surface area (Å²) in [7, 11) is 0. The van der Waals surface area contributed by atoms with Crippen molar-refractivity contribution in [3.63, 3.8) is 0 Å². The van der Waals surface area contributed by atoms with Gasteiger partial charge in [-0.2, -0.15) is 4.52 Å². The molecule has 1 aliphatic carbocycles. The number of β-amino-alcohol motifs (C(OH)–C–C–N with tert-alkyl or cyclic N) is 1. The van der Waals surface area contributed by atoms with Crippen LogP contribution in [0, 0.1) is 5.41 Å². The van der Waals surface area contributed by atoms with Gasteiger partial charge < -0.3 is 20.4 Å². The molecule has 152 valence electrons. The second kappa shape index (κ2) is 6.51. The Kier molecular flexibility index (Phi) is 4.37. The Labute approximate surface area is 162 Å². The summed E-state index contributed by atoms with van der Waals surface area (Å²) in [6, 6.07) is 1.80. The van der Waals surface area contributed by atoms with E-state index >= 15 is 0 Å². The summed E-state index contributed by atoms with van der Waals surface area (Å²) in [4.78, 5) is 27.7. The van der Waals surface area contributed by atoms with Gasteiger partial charge in [0.05, 0.1) is 6.10 Å². The molecule has 2 aliphatic rings. The van der Waals surface area contributed by atoms with Gasteiger partial charge >= 0.3 is 0 Å². The first kappa shape index (κ1) is 18.8. The highest BCUT2D eigenvalue weighted by molar-refractivity contribution is 5.96. The number of hydrogen-bond acceptors (Lipinski definition) is 6. The third kappa shape index (κ3) is 3.46. The van der Waals surface area contributed by atoms with Gasteiger partial charge in [0, 0.05) is 31.7 Å². The molecule has 9 heteroatoms. The minimum atomic E-state index is -0.566. The Morgan fingerprint density at radius 3 is 2.61 bits per heavy atom. The zero-order chi connectivity index (χ0) is 20.2. The standard InChI is InChI=1S/C19H27N5O4/c1-19(2,3)10-23-14-8-13(22-7-6-12(25)9-22)21-24(14)18(28)15(17(23)27)16(26)20-11-4-5-11/h8,11-12,25,28H,4-7,9-10H2,1-3H3,(H,20,26)/t12-/m1/s1. The lowest BCUT2D eigenvalue weighted by atomic mass is 9.97. The lowest BCUT2D eigenvalue weighted by molar-refractivity contribution is 0.0944. The van der Waals surface area contributed by atoms with Crippen molar-refractivity contribution < 1.29 is 15.0 Å². The van der Waals surface area contributed by atoms with E-state index in [1.807, 2.05) is 25.7 Å². The molecule has 1 amide bonds. The van der Waals surface area contributed by atoms with E-state index in [0.717, 1.165) is 12.8 Å². The molecule has 2 fully saturated rings. The number of fused-ring (bicyclic) bond motifs is 1. The Bertz CT molecular complexity index is 983. The van der Waals surface area contributed by atoms with Gasteiger partial charge in [-0.3, -0.25) is 14.2 Å². The largest absolute Gasteiger partial charge is 0.492 e. The molecule has 3 N–H and O–H groups in total. The van der Waals surface area contributed by atoms with Gasteiger partial charge in [-0.05, 0) is 24.7 Å². The third-order valence-corrected chi connectivity index (χ3v) is 5.10. The van der Waals surface area contributed by atoms with Crippen LogP contribution in [0.25, 0.3) is 5.65 Å². The summed E-state index contributed by atoms with van der Waals surface area (Å²) in [5.41, 5.74) is -0.595. The van der Waals surface area contributed by atoms with Crippen molar-refractivity contribution in [2.75, 3.05) is 18.0 Å². The zero-order valence-corrected chi connectivity index (χ0v) is 16.5. The van der Waals surface area contributed by atoms with Crippen LogP contribution in [0.5, 0.6) is 5.88 Å². The second-order valence-corrected chi connectivity index (χ2v) is 9.06. The molecular formula is C19H27N5O4. The number of aliphatic hydroxyl groups excluding tert-OH is 1. The van der Waals surface area contributed by atoms with Gasteiger partial charge in [-0.15, -0.1) is 5.10 Å². The Balaban J connectivity index is 1.87. The van der Waals surface area contributed by atoms with E-state index in [9.17, 15) is 19.8 Å². The maximum atomic E-state index is 13.2. The monoisotopic (exact) mass is 389 g/mol. The zero-order valence-electron chi connectivity index (χ0n) is 16.5. The van der Waals surface area contributed by atoms with Crippen molar-refractivity contribution in [1.82, 2.24) is 19.5 Å². The molecule has 2 aromatic rings. The van der Waals surface area contributed by atoms with Gasteiger partial charge in [-0.1, -0.05) is 20.8 Å². The number of aliphatic hydroxyl groups is 1. The topological polar surface area (TPSA) is 112 Å². The quantitative estimate of drug-likeness (QED) is 0.710. The number of anilines is 1. The summed E-state index contributed by atoms with van der Waals surface area (Å²) >= 11 is 0. The van der Waals surface area contributed by atoms with Crippen molar-refractivity contribution in [2.45, 2.75) is 58.7 Å². The van der Waals surface area contributed by atoms with E-state index < -0.39 is 23.5 Å². The maximum absolute atomic E-state index is 13.2. The minimum absolute atomic E-state index is 0.0670. The summed E-state index contributed by atoms with van der Waals surface area (Å²) in [5.74, 6) is -0.453. The SMILES string of the molecule is CC(C)(C)Cn1c(=O)c(C(=O)NC2CC2)c(O)n2nc(N3CC[C@@H](O)C3)cc12. The van der Waals surface area contributed by atoms with Crippen LogP contribution in [0.15, 0.2) is 10.9 Å². The van der Waals surface area contributed by atoms with Gasteiger partial charge in [0.1, 0.15) is 5.65 Å². The van der Waals surface area contributed by atoms with Crippen molar-refractivity contribution in [3.8, 4) is 5.88 Å². The average Bonchev–Trinajstić information content (AvgIpc) is 3.12. The number of carbonyl (C=O) groups excluding carboxylic acids is 1. The van der Waals surface area contributed by atoms with Crippen LogP contribution < -0.4 is 15.8 Å². The van der Waals surface area contributed by atoms with E-state index in [4.69, 9.17) is 0 Å². The highest BCUT2D eigenvalue weighted by Gasteiger charge is 2.31. The molecule has 2 aromatic heterocycles. The van der Waals surface area contributed by atoms with Crippen LogP contribution in [0.1, 0.15) is 50.4 Å². The molecule has 1 aliphatic heterocycles. The molecule has 0 bridgehead atoms. The van der Waals surface area contributed by atoms with Crippen LogP contribution in [-0.2, 0) is 6.54 Å². The van der Waals surface area contributed by atoms with Crippen LogP contribution >= 0.6 is 0 Å². The molecule has 0 spiro atoms. The molecule has 1 saturated heterocycles. The van der Waals surface area contributed by atoms with Crippen LogP contribution in [0.2, 0.25) is 0 Å². The highest BCUT2D eigenvalue weighted by atomic mass is 16.3. The Morgan fingerprint density at radius 1 is 1.32 bits per heavy atom. The van der Waals surface area contributed by atoms with Gasteiger partial charge in [0.2, 0.25) is 5.88 Å². The fraction of sp³-hybridized carbons (Fsp3) is 0.632. The van der Waals surface area contributed by atoms with Crippen LogP contribution in [0.4, 0.5) is 5.82 Å². The molecule has 4 rings (SSSR count). The first-order valence-corrected chi connectivity index (χ1v) is 9.73. The van der Waals surface area contributed by atoms with E-state index in [1.165, 1.54) is 9.08 Å². The first-order chi connectivity index (χ1) is 13.1. The van der Waals surface area contributed by atoms with Crippen molar-refractivity contribution in [2.24, 2.45) is 5.41 Å². The number of amides is 1. The van der Waals surface area contributed by atoms with Gasteiger partial charge in [0.25, 0.3) is 11.5 Å². The summed E-state index contributed by atoms with van der Waals surface area (Å²) in [5, 5.41) is 27.8. The van der Waals surface area contributed by atoms with Crippen molar-refractivity contribution in [1.29, 1.82) is 0 Å². The molecule has 9 nitrogen and oxygen atoms in total. The summed E-state index contributed by atoms with van der Waals surface area (Å²) < 4.78 is 2.76. The molecular weight excluding hydrogens is 362 g/mol. The molecule has 1 atom stereocenters. The number of rotatable bonds is 4. The molecule has 1 saturated carbocycles. The smallest absolute Gasteiger partial charge is 0.270 e. The molecule has 0 unspecified atom stereocenters. The molecule has 28 heavy (non-hydrogen) atoms.